The fourth-order valence-corrected chi connectivity index (χ4v) is 2.92. The highest BCUT2D eigenvalue weighted by molar-refractivity contribution is 7.11. The minimum absolute atomic E-state index is 0.0209. The van der Waals surface area contributed by atoms with Gasteiger partial charge in [-0.2, -0.15) is 0 Å². The van der Waals surface area contributed by atoms with Crippen molar-refractivity contribution in [2.45, 2.75) is 27.0 Å². The molecule has 0 aliphatic heterocycles. The van der Waals surface area contributed by atoms with Gasteiger partial charge in [0.1, 0.15) is 5.01 Å². The van der Waals surface area contributed by atoms with E-state index in [4.69, 9.17) is 16.7 Å². The molecule has 0 aliphatic rings. The van der Waals surface area contributed by atoms with E-state index < -0.39 is 0 Å². The van der Waals surface area contributed by atoms with Gasteiger partial charge in [0, 0.05) is 11.8 Å². The Morgan fingerprint density at radius 1 is 1.50 bits per heavy atom. The lowest BCUT2D eigenvalue weighted by Crippen LogP contribution is -2.22. The Morgan fingerprint density at radius 2 is 2.22 bits per heavy atom. The summed E-state index contributed by atoms with van der Waals surface area (Å²) < 4.78 is 1.54. The maximum atomic E-state index is 11.9. The zero-order chi connectivity index (χ0) is 13.3. The summed E-state index contributed by atoms with van der Waals surface area (Å²) in [4.78, 5) is 17.1. The normalized spacial score (nSPS) is 10.9. The van der Waals surface area contributed by atoms with Gasteiger partial charge in [-0.1, -0.05) is 11.6 Å². The number of aryl methyl sites for hydroxylation is 2. The van der Waals surface area contributed by atoms with Crippen LogP contribution in [0.15, 0.2) is 17.1 Å². The molecule has 0 spiro atoms. The van der Waals surface area contributed by atoms with E-state index in [1.54, 1.807) is 19.2 Å². The first kappa shape index (κ1) is 13.3. The Labute approximate surface area is 113 Å². The smallest absolute Gasteiger partial charge is 0.253 e. The number of halogens is 1. The third kappa shape index (κ3) is 2.63. The highest BCUT2D eigenvalue weighted by atomic mass is 35.5. The summed E-state index contributed by atoms with van der Waals surface area (Å²) in [6.07, 6.45) is 1.60. The molecule has 0 amide bonds. The lowest BCUT2D eigenvalue weighted by molar-refractivity contribution is 0.284. The molecular weight excluding hydrogens is 272 g/mol. The molecule has 96 valence electrons. The molecule has 2 aromatic rings. The van der Waals surface area contributed by atoms with Gasteiger partial charge in [0.15, 0.2) is 0 Å². The van der Waals surface area contributed by atoms with Crippen LogP contribution in [0, 0.1) is 13.8 Å². The van der Waals surface area contributed by atoms with Crippen LogP contribution in [-0.4, -0.2) is 14.7 Å². The summed E-state index contributed by atoms with van der Waals surface area (Å²) in [5, 5.41) is 10.4. The van der Waals surface area contributed by atoms with Crippen molar-refractivity contribution in [3.8, 4) is 0 Å². The van der Waals surface area contributed by atoms with Crippen LogP contribution in [0.1, 0.15) is 21.1 Å². The number of pyridine rings is 1. The zero-order valence-electron chi connectivity index (χ0n) is 10.1. The van der Waals surface area contributed by atoms with Gasteiger partial charge in [-0.3, -0.25) is 4.79 Å². The van der Waals surface area contributed by atoms with Crippen LogP contribution in [0.3, 0.4) is 0 Å². The molecule has 0 aromatic carbocycles. The second-order valence-corrected chi connectivity index (χ2v) is 5.65. The Bertz CT molecular complexity index is 633. The van der Waals surface area contributed by atoms with E-state index in [-0.39, 0.29) is 12.2 Å². The van der Waals surface area contributed by atoms with E-state index >= 15 is 0 Å². The van der Waals surface area contributed by atoms with Gasteiger partial charge >= 0.3 is 0 Å². The third-order valence-corrected chi connectivity index (χ3v) is 3.95. The molecule has 0 saturated heterocycles. The summed E-state index contributed by atoms with van der Waals surface area (Å²) in [5.41, 5.74) is 1.35. The van der Waals surface area contributed by atoms with Crippen LogP contribution in [-0.2, 0) is 13.2 Å². The lowest BCUT2D eigenvalue weighted by Gasteiger charge is -2.05. The van der Waals surface area contributed by atoms with Crippen molar-refractivity contribution >= 4 is 22.9 Å². The second kappa shape index (κ2) is 5.22. The predicted octanol–water partition coefficient (Wildman–Crippen LogP) is 2.12. The molecule has 0 atom stereocenters. The van der Waals surface area contributed by atoms with Crippen molar-refractivity contribution in [3.05, 3.63) is 48.8 Å². The average Bonchev–Trinajstić information content (AvgIpc) is 2.65. The Morgan fingerprint density at radius 3 is 2.83 bits per heavy atom. The minimum Gasteiger partial charge on any atom is -0.391 e. The maximum Gasteiger partial charge on any atom is 0.253 e. The van der Waals surface area contributed by atoms with Gasteiger partial charge in [-0.05, 0) is 19.9 Å². The van der Waals surface area contributed by atoms with Gasteiger partial charge in [0.25, 0.3) is 5.56 Å². The third-order valence-electron chi connectivity index (χ3n) is 2.62. The zero-order valence-corrected chi connectivity index (χ0v) is 11.7. The number of aromatic nitrogens is 2. The standard InChI is InChI=1S/C12H13ClN2O2S/c1-7-3-9(13)4-15(12(7)17)5-11-14-8(2)10(6-16)18-11/h3-4,16H,5-6H2,1-2H3. The molecular formula is C12H13ClN2O2S. The molecule has 2 aromatic heterocycles. The van der Waals surface area contributed by atoms with Crippen LogP contribution in [0.5, 0.6) is 0 Å². The monoisotopic (exact) mass is 284 g/mol. The molecule has 2 heterocycles. The van der Waals surface area contributed by atoms with Crippen LogP contribution >= 0.6 is 22.9 Å². The Hall–Kier alpha value is -1.17. The highest BCUT2D eigenvalue weighted by Crippen LogP contribution is 2.19. The van der Waals surface area contributed by atoms with Crippen LogP contribution in [0.4, 0.5) is 0 Å². The molecule has 2 rings (SSSR count). The number of aliphatic hydroxyl groups is 1. The molecule has 4 nitrogen and oxygen atoms in total. The Kier molecular flexibility index (Phi) is 3.85. The van der Waals surface area contributed by atoms with Gasteiger partial charge in [0.2, 0.25) is 0 Å². The Balaban J connectivity index is 2.36. The molecule has 6 heteroatoms. The summed E-state index contributed by atoms with van der Waals surface area (Å²) in [6, 6.07) is 1.65. The summed E-state index contributed by atoms with van der Waals surface area (Å²) in [5.74, 6) is 0. The molecule has 0 aliphatic carbocycles. The average molecular weight is 285 g/mol. The first-order valence-electron chi connectivity index (χ1n) is 5.44. The van der Waals surface area contributed by atoms with Gasteiger partial charge < -0.3 is 9.67 Å². The maximum absolute atomic E-state index is 11.9. The topological polar surface area (TPSA) is 55.1 Å². The fraction of sp³-hybridized carbons (Fsp3) is 0.333. The van der Waals surface area contributed by atoms with Crippen LogP contribution in [0.2, 0.25) is 5.02 Å². The largest absolute Gasteiger partial charge is 0.391 e. The molecule has 18 heavy (non-hydrogen) atoms. The predicted molar refractivity (Wildman–Crippen MR) is 72.3 cm³/mol. The summed E-state index contributed by atoms with van der Waals surface area (Å²) in [7, 11) is 0. The van der Waals surface area contributed by atoms with Crippen molar-refractivity contribution in [1.82, 2.24) is 9.55 Å². The number of hydrogen-bond donors (Lipinski definition) is 1. The number of aliphatic hydroxyl groups excluding tert-OH is 1. The summed E-state index contributed by atoms with van der Waals surface area (Å²) in [6.45, 7) is 3.94. The van der Waals surface area contributed by atoms with Crippen LogP contribution in [0.25, 0.3) is 0 Å². The fourth-order valence-electron chi connectivity index (χ4n) is 1.71. The minimum atomic E-state index is -0.0715. The van der Waals surface area contributed by atoms with Crippen molar-refractivity contribution in [2.75, 3.05) is 0 Å². The van der Waals surface area contributed by atoms with E-state index in [1.165, 1.54) is 15.9 Å². The SMILES string of the molecule is Cc1nc(Cn2cc(Cl)cc(C)c2=O)sc1CO. The van der Waals surface area contributed by atoms with Gasteiger partial charge in [-0.15, -0.1) is 11.3 Å². The van der Waals surface area contributed by atoms with Crippen molar-refractivity contribution in [3.63, 3.8) is 0 Å². The molecule has 0 bridgehead atoms. The van der Waals surface area contributed by atoms with E-state index in [0.717, 1.165) is 15.6 Å². The number of hydrogen-bond acceptors (Lipinski definition) is 4. The van der Waals surface area contributed by atoms with Crippen LogP contribution < -0.4 is 5.56 Å². The molecule has 0 radical (unpaired) electrons. The van der Waals surface area contributed by atoms with E-state index in [9.17, 15) is 4.79 Å². The van der Waals surface area contributed by atoms with Crippen molar-refractivity contribution in [1.29, 1.82) is 0 Å². The first-order chi connectivity index (χ1) is 8.51. The van der Waals surface area contributed by atoms with Crippen molar-refractivity contribution < 1.29 is 5.11 Å². The second-order valence-electron chi connectivity index (χ2n) is 4.05. The first-order valence-corrected chi connectivity index (χ1v) is 6.63. The lowest BCUT2D eigenvalue weighted by atomic mass is 10.3. The number of thiazole rings is 1. The molecule has 1 N–H and O–H groups in total. The van der Waals surface area contributed by atoms with Crippen molar-refractivity contribution in [2.24, 2.45) is 0 Å². The van der Waals surface area contributed by atoms with E-state index in [0.29, 0.717) is 17.1 Å². The van der Waals surface area contributed by atoms with E-state index in [2.05, 4.69) is 4.98 Å². The number of nitrogens with zero attached hydrogens (tertiary/aromatic N) is 2. The van der Waals surface area contributed by atoms with Gasteiger partial charge in [0.05, 0.1) is 28.7 Å². The molecule has 0 unspecified atom stereocenters. The van der Waals surface area contributed by atoms with Gasteiger partial charge in [-0.25, -0.2) is 4.98 Å². The molecule has 0 saturated carbocycles. The highest BCUT2D eigenvalue weighted by Gasteiger charge is 2.09. The van der Waals surface area contributed by atoms with E-state index in [1.807, 2.05) is 6.92 Å². The molecule has 0 fully saturated rings. The number of rotatable bonds is 3. The summed E-state index contributed by atoms with van der Waals surface area (Å²) >= 11 is 7.35. The quantitative estimate of drug-likeness (QED) is 0.939.